The van der Waals surface area contributed by atoms with Crippen molar-refractivity contribution >= 4 is 5.96 Å². The molecular formula is C14H21F3N4. The largest absolute Gasteiger partial charge is 0.408 e. The third-order valence-electron chi connectivity index (χ3n) is 3.09. The number of halogens is 3. The van der Waals surface area contributed by atoms with Gasteiger partial charge in [-0.15, -0.1) is 0 Å². The highest BCUT2D eigenvalue weighted by molar-refractivity contribution is 5.74. The molecule has 0 fully saturated rings. The van der Waals surface area contributed by atoms with Crippen LogP contribution in [0.15, 0.2) is 24.3 Å². The maximum absolute atomic E-state index is 12.7. The highest BCUT2D eigenvalue weighted by atomic mass is 19.4. The maximum Gasteiger partial charge on any atom is 0.408 e. The number of rotatable bonds is 7. The van der Waals surface area contributed by atoms with Crippen LogP contribution in [0.5, 0.6) is 0 Å². The third kappa shape index (κ3) is 6.48. The molecule has 0 amide bonds. The molecule has 5 N–H and O–H groups in total. The Morgan fingerprint density at radius 2 is 1.81 bits per heavy atom. The molecule has 0 saturated heterocycles. The summed E-state index contributed by atoms with van der Waals surface area (Å²) in [4.78, 5) is 0. The van der Waals surface area contributed by atoms with E-state index in [4.69, 9.17) is 11.1 Å². The van der Waals surface area contributed by atoms with Crippen molar-refractivity contribution in [3.8, 4) is 0 Å². The number of hydrogen-bond acceptors (Lipinski definition) is 2. The first-order valence-electron chi connectivity index (χ1n) is 6.78. The monoisotopic (exact) mass is 302 g/mol. The number of alkyl halides is 3. The minimum Gasteiger partial charge on any atom is -0.370 e. The number of nitrogens with two attached hydrogens (primary N) is 1. The second kappa shape index (κ2) is 7.87. The lowest BCUT2D eigenvalue weighted by molar-refractivity contribution is -0.153. The van der Waals surface area contributed by atoms with Gasteiger partial charge in [-0.25, -0.2) is 0 Å². The fourth-order valence-corrected chi connectivity index (χ4v) is 1.88. The van der Waals surface area contributed by atoms with Gasteiger partial charge < -0.3 is 16.4 Å². The summed E-state index contributed by atoms with van der Waals surface area (Å²) in [5, 5.41) is 11.8. The summed E-state index contributed by atoms with van der Waals surface area (Å²) in [6.45, 7) is 2.75. The Kier molecular flexibility index (Phi) is 6.48. The van der Waals surface area contributed by atoms with Crippen LogP contribution >= 0.6 is 0 Å². The molecule has 0 aromatic heterocycles. The molecule has 4 nitrogen and oxygen atoms in total. The SMILES string of the molecule is CCc1ccc(CNCCC(NC(=N)N)C(F)(F)F)cc1. The van der Waals surface area contributed by atoms with Crippen LogP contribution in [0.3, 0.4) is 0 Å². The summed E-state index contributed by atoms with van der Waals surface area (Å²) >= 11 is 0. The Morgan fingerprint density at radius 3 is 2.29 bits per heavy atom. The molecular weight excluding hydrogens is 281 g/mol. The normalized spacial score (nSPS) is 13.0. The van der Waals surface area contributed by atoms with E-state index in [0.29, 0.717) is 6.54 Å². The van der Waals surface area contributed by atoms with Gasteiger partial charge in [0.1, 0.15) is 6.04 Å². The van der Waals surface area contributed by atoms with E-state index in [1.807, 2.05) is 29.6 Å². The van der Waals surface area contributed by atoms with Crippen molar-refractivity contribution in [1.29, 1.82) is 5.41 Å². The molecule has 21 heavy (non-hydrogen) atoms. The Labute approximate surface area is 122 Å². The Morgan fingerprint density at radius 1 is 1.24 bits per heavy atom. The lowest BCUT2D eigenvalue weighted by atomic mass is 10.1. The average Bonchev–Trinajstić information content (AvgIpc) is 2.41. The number of benzene rings is 1. The molecule has 0 radical (unpaired) electrons. The smallest absolute Gasteiger partial charge is 0.370 e. The first-order chi connectivity index (χ1) is 9.82. The summed E-state index contributed by atoms with van der Waals surface area (Å²) in [5.41, 5.74) is 7.21. The van der Waals surface area contributed by atoms with Crippen molar-refractivity contribution in [3.05, 3.63) is 35.4 Å². The number of hydrogen-bond donors (Lipinski definition) is 4. The van der Waals surface area contributed by atoms with Crippen LogP contribution in [0.4, 0.5) is 13.2 Å². The van der Waals surface area contributed by atoms with Crippen LogP contribution in [0.2, 0.25) is 0 Å². The predicted molar refractivity (Wildman–Crippen MR) is 77.0 cm³/mol. The number of guanidine groups is 1. The minimum absolute atomic E-state index is 0.181. The molecule has 0 saturated carbocycles. The van der Waals surface area contributed by atoms with Crippen LogP contribution in [0, 0.1) is 5.41 Å². The van der Waals surface area contributed by atoms with Crippen LogP contribution < -0.4 is 16.4 Å². The van der Waals surface area contributed by atoms with Gasteiger partial charge in [-0.05, 0) is 30.5 Å². The molecule has 1 rings (SSSR count). The topological polar surface area (TPSA) is 73.9 Å². The van der Waals surface area contributed by atoms with E-state index in [1.165, 1.54) is 5.56 Å². The summed E-state index contributed by atoms with van der Waals surface area (Å²) < 4.78 is 38.0. The van der Waals surface area contributed by atoms with E-state index in [2.05, 4.69) is 12.2 Å². The van der Waals surface area contributed by atoms with E-state index in [-0.39, 0.29) is 13.0 Å². The van der Waals surface area contributed by atoms with Crippen LogP contribution in [0.1, 0.15) is 24.5 Å². The quantitative estimate of drug-likeness (QED) is 0.354. The van der Waals surface area contributed by atoms with Gasteiger partial charge in [0.2, 0.25) is 0 Å². The van der Waals surface area contributed by atoms with Crippen molar-refractivity contribution in [3.63, 3.8) is 0 Å². The lowest BCUT2D eigenvalue weighted by Gasteiger charge is -2.21. The first kappa shape index (κ1) is 17.3. The average molecular weight is 302 g/mol. The van der Waals surface area contributed by atoms with Gasteiger partial charge in [0.25, 0.3) is 0 Å². The summed E-state index contributed by atoms with van der Waals surface area (Å²) in [7, 11) is 0. The zero-order chi connectivity index (χ0) is 15.9. The molecule has 1 unspecified atom stereocenters. The van der Waals surface area contributed by atoms with Crippen LogP contribution in [-0.2, 0) is 13.0 Å². The summed E-state index contributed by atoms with van der Waals surface area (Å²) in [6.07, 6.45) is -3.65. The zero-order valence-electron chi connectivity index (χ0n) is 11.9. The predicted octanol–water partition coefficient (Wildman–Crippen LogP) is 2.14. The highest BCUT2D eigenvalue weighted by Crippen LogP contribution is 2.22. The fourth-order valence-electron chi connectivity index (χ4n) is 1.88. The third-order valence-corrected chi connectivity index (χ3v) is 3.09. The van der Waals surface area contributed by atoms with Gasteiger partial charge >= 0.3 is 6.18 Å². The number of aryl methyl sites for hydroxylation is 1. The molecule has 1 aromatic rings. The van der Waals surface area contributed by atoms with Crippen molar-refractivity contribution in [1.82, 2.24) is 10.6 Å². The van der Waals surface area contributed by atoms with Crippen molar-refractivity contribution in [2.45, 2.75) is 38.5 Å². The Bertz CT molecular complexity index is 443. The molecule has 1 atom stereocenters. The molecule has 0 bridgehead atoms. The van der Waals surface area contributed by atoms with E-state index < -0.39 is 18.2 Å². The zero-order valence-corrected chi connectivity index (χ0v) is 11.9. The fraction of sp³-hybridized carbons (Fsp3) is 0.500. The molecule has 118 valence electrons. The van der Waals surface area contributed by atoms with Crippen molar-refractivity contribution in [2.24, 2.45) is 5.73 Å². The van der Waals surface area contributed by atoms with Gasteiger partial charge in [0.15, 0.2) is 5.96 Å². The summed E-state index contributed by atoms with van der Waals surface area (Å²) in [6, 6.07) is 6.13. The van der Waals surface area contributed by atoms with Gasteiger partial charge in [0, 0.05) is 6.54 Å². The molecule has 0 spiro atoms. The molecule has 7 heteroatoms. The van der Waals surface area contributed by atoms with E-state index >= 15 is 0 Å². The van der Waals surface area contributed by atoms with Gasteiger partial charge in [-0.2, -0.15) is 13.2 Å². The van der Waals surface area contributed by atoms with Crippen LogP contribution in [-0.4, -0.2) is 24.7 Å². The maximum atomic E-state index is 12.7. The highest BCUT2D eigenvalue weighted by Gasteiger charge is 2.39. The molecule has 0 aliphatic heterocycles. The Hall–Kier alpha value is -1.76. The van der Waals surface area contributed by atoms with E-state index in [9.17, 15) is 13.2 Å². The molecule has 0 aliphatic carbocycles. The van der Waals surface area contributed by atoms with Crippen molar-refractivity contribution in [2.75, 3.05) is 6.54 Å². The minimum atomic E-state index is -4.42. The lowest BCUT2D eigenvalue weighted by Crippen LogP contribution is -2.49. The molecule has 0 heterocycles. The number of nitrogens with one attached hydrogen (secondary N) is 3. The Balaban J connectivity index is 2.38. The standard InChI is InChI=1S/C14H21F3N4/c1-2-10-3-5-11(6-4-10)9-20-8-7-12(14(15,16)17)21-13(18)19/h3-6,12,20H,2,7-9H2,1H3,(H4,18,19,21). The van der Waals surface area contributed by atoms with Crippen LogP contribution in [0.25, 0.3) is 0 Å². The second-order valence-electron chi connectivity index (χ2n) is 4.79. The van der Waals surface area contributed by atoms with Crippen molar-refractivity contribution < 1.29 is 13.2 Å². The second-order valence-corrected chi connectivity index (χ2v) is 4.79. The van der Waals surface area contributed by atoms with E-state index in [1.54, 1.807) is 0 Å². The molecule has 0 aliphatic rings. The summed E-state index contributed by atoms with van der Waals surface area (Å²) in [5.74, 6) is -0.674. The van der Waals surface area contributed by atoms with E-state index in [0.717, 1.165) is 12.0 Å². The van der Waals surface area contributed by atoms with Gasteiger partial charge in [-0.1, -0.05) is 31.2 Å². The van der Waals surface area contributed by atoms with Gasteiger partial charge in [-0.3, -0.25) is 5.41 Å². The molecule has 1 aromatic carbocycles. The first-order valence-corrected chi connectivity index (χ1v) is 6.78. The van der Waals surface area contributed by atoms with Gasteiger partial charge in [0.05, 0.1) is 0 Å².